The van der Waals surface area contributed by atoms with Crippen LogP contribution >= 0.6 is 22.6 Å². The number of hydrogen-bond donors (Lipinski definition) is 2. The van der Waals surface area contributed by atoms with Crippen LogP contribution < -0.4 is 10.6 Å². The van der Waals surface area contributed by atoms with Crippen molar-refractivity contribution in [2.75, 3.05) is 18.5 Å². The van der Waals surface area contributed by atoms with Crippen LogP contribution in [0.1, 0.15) is 12.8 Å². The number of para-hydroxylation sites is 1. The molecule has 0 bridgehead atoms. The zero-order valence-electron chi connectivity index (χ0n) is 9.41. The van der Waals surface area contributed by atoms with Gasteiger partial charge in [0.15, 0.2) is 0 Å². The summed E-state index contributed by atoms with van der Waals surface area (Å²) in [7, 11) is 0. The molecule has 0 spiro atoms. The largest absolute Gasteiger partial charge is 0.376 e. The van der Waals surface area contributed by atoms with Crippen LogP contribution in [0.2, 0.25) is 0 Å². The predicted molar refractivity (Wildman–Crippen MR) is 75.2 cm³/mol. The van der Waals surface area contributed by atoms with Crippen LogP contribution in [0.5, 0.6) is 0 Å². The average molecular weight is 346 g/mol. The van der Waals surface area contributed by atoms with Crippen LogP contribution in [0.15, 0.2) is 24.3 Å². The molecule has 1 aromatic rings. The third-order valence-electron chi connectivity index (χ3n) is 2.64. The second-order valence-electron chi connectivity index (χ2n) is 3.95. The number of rotatable bonds is 3. The van der Waals surface area contributed by atoms with Crippen LogP contribution in [-0.4, -0.2) is 25.3 Å². The Morgan fingerprint density at radius 1 is 1.47 bits per heavy atom. The molecule has 2 rings (SSSR count). The first-order valence-electron chi connectivity index (χ1n) is 5.66. The number of halogens is 1. The van der Waals surface area contributed by atoms with E-state index >= 15 is 0 Å². The van der Waals surface area contributed by atoms with Gasteiger partial charge in [-0.05, 0) is 47.6 Å². The Balaban J connectivity index is 1.79. The van der Waals surface area contributed by atoms with Crippen LogP contribution in [-0.2, 0) is 4.74 Å². The smallest absolute Gasteiger partial charge is 0.319 e. The highest BCUT2D eigenvalue weighted by atomic mass is 127. The first kappa shape index (κ1) is 12.6. The van der Waals surface area contributed by atoms with Crippen molar-refractivity contribution in [1.29, 1.82) is 0 Å². The molecule has 0 aromatic heterocycles. The number of anilines is 1. The van der Waals surface area contributed by atoms with E-state index in [9.17, 15) is 4.79 Å². The van der Waals surface area contributed by atoms with Gasteiger partial charge in [0.2, 0.25) is 0 Å². The number of ether oxygens (including phenoxy) is 1. The Labute approximate surface area is 114 Å². The van der Waals surface area contributed by atoms with Gasteiger partial charge >= 0.3 is 6.03 Å². The number of benzene rings is 1. The maximum Gasteiger partial charge on any atom is 0.319 e. The van der Waals surface area contributed by atoms with Gasteiger partial charge in [-0.1, -0.05) is 12.1 Å². The van der Waals surface area contributed by atoms with Crippen molar-refractivity contribution in [2.45, 2.75) is 18.9 Å². The number of hydrogen-bond acceptors (Lipinski definition) is 2. The number of carbonyl (C=O) groups excluding carboxylic acids is 1. The first-order chi connectivity index (χ1) is 8.25. The average Bonchev–Trinajstić information content (AvgIpc) is 2.82. The van der Waals surface area contributed by atoms with Crippen molar-refractivity contribution in [2.24, 2.45) is 0 Å². The zero-order chi connectivity index (χ0) is 12.1. The predicted octanol–water partition coefficient (Wildman–Crippen LogP) is 2.59. The zero-order valence-corrected chi connectivity index (χ0v) is 11.6. The summed E-state index contributed by atoms with van der Waals surface area (Å²) in [6, 6.07) is 7.50. The Morgan fingerprint density at radius 3 is 3.00 bits per heavy atom. The van der Waals surface area contributed by atoms with E-state index in [1.807, 2.05) is 24.3 Å². The maximum absolute atomic E-state index is 11.6. The van der Waals surface area contributed by atoms with Crippen molar-refractivity contribution in [3.63, 3.8) is 0 Å². The monoisotopic (exact) mass is 346 g/mol. The Kier molecular flexibility index (Phi) is 4.61. The van der Waals surface area contributed by atoms with E-state index in [0.717, 1.165) is 28.7 Å². The van der Waals surface area contributed by atoms with Crippen LogP contribution in [0.3, 0.4) is 0 Å². The van der Waals surface area contributed by atoms with Gasteiger partial charge in [0, 0.05) is 16.7 Å². The minimum absolute atomic E-state index is 0.176. The lowest BCUT2D eigenvalue weighted by Crippen LogP contribution is -2.35. The number of carbonyl (C=O) groups is 1. The highest BCUT2D eigenvalue weighted by Crippen LogP contribution is 2.16. The van der Waals surface area contributed by atoms with Gasteiger partial charge in [-0.3, -0.25) is 0 Å². The fraction of sp³-hybridized carbons (Fsp3) is 0.417. The maximum atomic E-state index is 11.6. The van der Waals surface area contributed by atoms with Crippen LogP contribution in [0.4, 0.5) is 10.5 Å². The normalized spacial score (nSPS) is 19.0. The van der Waals surface area contributed by atoms with E-state index in [4.69, 9.17) is 4.74 Å². The molecule has 1 aliphatic heterocycles. The van der Waals surface area contributed by atoms with Crippen molar-refractivity contribution >= 4 is 34.3 Å². The van der Waals surface area contributed by atoms with E-state index in [1.54, 1.807) is 0 Å². The minimum atomic E-state index is -0.176. The van der Waals surface area contributed by atoms with E-state index < -0.39 is 0 Å². The van der Waals surface area contributed by atoms with E-state index in [1.165, 1.54) is 0 Å². The molecule has 92 valence electrons. The lowest BCUT2D eigenvalue weighted by atomic mass is 10.2. The topological polar surface area (TPSA) is 50.4 Å². The van der Waals surface area contributed by atoms with Crippen molar-refractivity contribution in [3.05, 3.63) is 27.8 Å². The van der Waals surface area contributed by atoms with Gasteiger partial charge < -0.3 is 15.4 Å². The molecule has 1 aliphatic rings. The summed E-state index contributed by atoms with van der Waals surface area (Å²) in [6.45, 7) is 1.39. The molecule has 1 aromatic carbocycles. The summed E-state index contributed by atoms with van der Waals surface area (Å²) in [6.07, 6.45) is 2.30. The molecule has 5 heteroatoms. The fourth-order valence-corrected chi connectivity index (χ4v) is 2.26. The fourth-order valence-electron chi connectivity index (χ4n) is 1.74. The summed E-state index contributed by atoms with van der Waals surface area (Å²) in [5, 5.41) is 5.64. The summed E-state index contributed by atoms with van der Waals surface area (Å²) < 4.78 is 6.46. The second-order valence-corrected chi connectivity index (χ2v) is 5.11. The Morgan fingerprint density at radius 2 is 2.29 bits per heavy atom. The summed E-state index contributed by atoms with van der Waals surface area (Å²) in [5.74, 6) is 0. The number of urea groups is 1. The van der Waals surface area contributed by atoms with E-state index in [-0.39, 0.29) is 12.1 Å². The van der Waals surface area contributed by atoms with Gasteiger partial charge in [-0.15, -0.1) is 0 Å². The molecule has 0 saturated carbocycles. The molecule has 4 nitrogen and oxygen atoms in total. The molecule has 2 N–H and O–H groups in total. The summed E-state index contributed by atoms with van der Waals surface area (Å²) in [4.78, 5) is 11.6. The molecule has 0 radical (unpaired) electrons. The van der Waals surface area contributed by atoms with Crippen molar-refractivity contribution in [3.8, 4) is 0 Å². The molecule has 1 heterocycles. The molecular formula is C12H15IN2O2. The summed E-state index contributed by atoms with van der Waals surface area (Å²) >= 11 is 2.19. The summed E-state index contributed by atoms with van der Waals surface area (Å²) in [5.41, 5.74) is 0.831. The minimum Gasteiger partial charge on any atom is -0.376 e. The van der Waals surface area contributed by atoms with Gasteiger partial charge in [-0.25, -0.2) is 4.79 Å². The molecule has 1 fully saturated rings. The molecule has 1 saturated heterocycles. The SMILES string of the molecule is O=C(NCC1CCCO1)Nc1ccccc1I. The van der Waals surface area contributed by atoms with Gasteiger partial charge in [0.05, 0.1) is 11.8 Å². The third kappa shape index (κ3) is 3.85. The molecule has 2 amide bonds. The standard InChI is InChI=1S/C12H15IN2O2/c13-10-5-1-2-6-11(10)15-12(16)14-8-9-4-3-7-17-9/h1-2,5-6,9H,3-4,7-8H2,(H2,14,15,16). The molecule has 17 heavy (non-hydrogen) atoms. The molecule has 1 unspecified atom stereocenters. The van der Waals surface area contributed by atoms with E-state index in [0.29, 0.717) is 6.54 Å². The van der Waals surface area contributed by atoms with Crippen LogP contribution in [0.25, 0.3) is 0 Å². The quantitative estimate of drug-likeness (QED) is 0.827. The molecule has 1 atom stereocenters. The highest BCUT2D eigenvalue weighted by Gasteiger charge is 2.16. The number of amides is 2. The van der Waals surface area contributed by atoms with Gasteiger partial charge in [0.25, 0.3) is 0 Å². The lowest BCUT2D eigenvalue weighted by molar-refractivity contribution is 0.112. The van der Waals surface area contributed by atoms with Crippen molar-refractivity contribution in [1.82, 2.24) is 5.32 Å². The van der Waals surface area contributed by atoms with Crippen LogP contribution in [0, 0.1) is 3.57 Å². The van der Waals surface area contributed by atoms with Gasteiger partial charge in [-0.2, -0.15) is 0 Å². The second kappa shape index (κ2) is 6.20. The Hall–Kier alpha value is -0.820. The Bertz CT molecular complexity index is 392. The van der Waals surface area contributed by atoms with Crippen molar-refractivity contribution < 1.29 is 9.53 Å². The molecular weight excluding hydrogens is 331 g/mol. The first-order valence-corrected chi connectivity index (χ1v) is 6.74. The highest BCUT2D eigenvalue weighted by molar-refractivity contribution is 14.1. The van der Waals surface area contributed by atoms with E-state index in [2.05, 4.69) is 33.2 Å². The van der Waals surface area contributed by atoms with Gasteiger partial charge in [0.1, 0.15) is 0 Å². The third-order valence-corrected chi connectivity index (χ3v) is 3.58. The number of nitrogens with one attached hydrogen (secondary N) is 2. The molecule has 0 aliphatic carbocycles. The lowest BCUT2D eigenvalue weighted by Gasteiger charge is -2.12.